The Morgan fingerprint density at radius 1 is 1.00 bits per heavy atom. The van der Waals surface area contributed by atoms with Crippen LogP contribution >= 0.6 is 0 Å². The average molecular weight is 431 g/mol. The van der Waals surface area contributed by atoms with Crippen molar-refractivity contribution < 1.29 is 13.6 Å². The third-order valence-corrected chi connectivity index (χ3v) is 5.31. The van der Waals surface area contributed by atoms with Crippen molar-refractivity contribution >= 4 is 11.6 Å². The van der Waals surface area contributed by atoms with E-state index in [1.54, 1.807) is 30.9 Å². The van der Waals surface area contributed by atoms with E-state index in [1.165, 1.54) is 0 Å². The molecule has 0 saturated heterocycles. The molecule has 0 bridgehead atoms. The van der Waals surface area contributed by atoms with Crippen LogP contribution in [-0.2, 0) is 6.54 Å². The number of amides is 1. The fraction of sp³-hybridized carbons (Fsp3) is 0.167. The SMILES string of the molecule is O=C(Nc1cc(F)cc(F)c1)c1cc(-c2cnc(-c3cccnc3)nc2)cn1CC1CC1. The van der Waals surface area contributed by atoms with E-state index in [9.17, 15) is 13.6 Å². The molecule has 6 nitrogen and oxygen atoms in total. The summed E-state index contributed by atoms with van der Waals surface area (Å²) in [6.07, 6.45) is 10.9. The summed E-state index contributed by atoms with van der Waals surface area (Å²) in [6.45, 7) is 0.703. The first kappa shape index (κ1) is 20.0. The number of carbonyl (C=O) groups is 1. The quantitative estimate of drug-likeness (QED) is 0.469. The zero-order valence-corrected chi connectivity index (χ0v) is 17.0. The smallest absolute Gasteiger partial charge is 0.272 e. The standard InChI is InChI=1S/C24H19F2N5O/c25-19-7-20(26)9-21(8-19)30-24(32)22-6-17(14-31(22)13-15-3-4-15)18-11-28-23(29-12-18)16-2-1-5-27-10-16/h1-2,5-12,14-15H,3-4,13H2,(H,30,32). The van der Waals surface area contributed by atoms with Gasteiger partial charge in [0.05, 0.1) is 0 Å². The molecular weight excluding hydrogens is 412 g/mol. The Morgan fingerprint density at radius 2 is 1.75 bits per heavy atom. The lowest BCUT2D eigenvalue weighted by molar-refractivity contribution is 0.101. The minimum Gasteiger partial charge on any atom is -0.343 e. The van der Waals surface area contributed by atoms with Crippen LogP contribution in [-0.4, -0.2) is 25.4 Å². The second-order valence-corrected chi connectivity index (χ2v) is 7.86. The van der Waals surface area contributed by atoms with Crippen LogP contribution in [0.15, 0.2) is 67.4 Å². The van der Waals surface area contributed by atoms with Crippen molar-refractivity contribution in [2.24, 2.45) is 5.92 Å². The van der Waals surface area contributed by atoms with Gasteiger partial charge in [-0.25, -0.2) is 18.7 Å². The fourth-order valence-corrected chi connectivity index (χ4v) is 3.53. The van der Waals surface area contributed by atoms with Gasteiger partial charge in [-0.15, -0.1) is 0 Å². The van der Waals surface area contributed by atoms with E-state index in [1.807, 2.05) is 22.9 Å². The fourth-order valence-electron chi connectivity index (χ4n) is 3.53. The molecule has 1 amide bonds. The van der Waals surface area contributed by atoms with Crippen LogP contribution in [0.3, 0.4) is 0 Å². The first-order valence-electron chi connectivity index (χ1n) is 10.3. The first-order chi connectivity index (χ1) is 15.5. The van der Waals surface area contributed by atoms with Gasteiger partial charge in [-0.2, -0.15) is 0 Å². The summed E-state index contributed by atoms with van der Waals surface area (Å²) in [5.41, 5.74) is 2.84. The highest BCUT2D eigenvalue weighted by Crippen LogP contribution is 2.33. The zero-order valence-electron chi connectivity index (χ0n) is 17.0. The van der Waals surface area contributed by atoms with Crippen molar-refractivity contribution in [3.63, 3.8) is 0 Å². The maximum atomic E-state index is 13.5. The van der Waals surface area contributed by atoms with E-state index >= 15 is 0 Å². The van der Waals surface area contributed by atoms with Crippen LogP contribution < -0.4 is 5.32 Å². The van der Waals surface area contributed by atoms with Crippen molar-refractivity contribution in [2.75, 3.05) is 5.32 Å². The molecule has 1 aliphatic rings. The minimum atomic E-state index is -0.750. The van der Waals surface area contributed by atoms with Crippen molar-refractivity contribution in [3.8, 4) is 22.5 Å². The van der Waals surface area contributed by atoms with Crippen LogP contribution in [0.2, 0.25) is 0 Å². The molecule has 5 rings (SSSR count). The maximum absolute atomic E-state index is 13.5. The van der Waals surface area contributed by atoms with Crippen molar-refractivity contribution in [2.45, 2.75) is 19.4 Å². The minimum absolute atomic E-state index is 0.0670. The molecular formula is C24H19F2N5O. The molecule has 0 aliphatic heterocycles. The molecule has 8 heteroatoms. The number of rotatable bonds is 6. The molecule has 0 unspecified atom stereocenters. The number of aromatic nitrogens is 4. The van der Waals surface area contributed by atoms with Gasteiger partial charge in [0, 0.05) is 66.0 Å². The first-order valence-corrected chi connectivity index (χ1v) is 10.3. The van der Waals surface area contributed by atoms with Crippen molar-refractivity contribution in [1.82, 2.24) is 19.5 Å². The van der Waals surface area contributed by atoms with E-state index in [2.05, 4.69) is 20.3 Å². The molecule has 1 saturated carbocycles. The summed E-state index contributed by atoms with van der Waals surface area (Å²) in [5.74, 6) is -0.849. The lowest BCUT2D eigenvalue weighted by atomic mass is 10.1. The second kappa shape index (κ2) is 8.30. The number of pyridine rings is 1. The van der Waals surface area contributed by atoms with Gasteiger partial charge in [0.25, 0.3) is 5.91 Å². The van der Waals surface area contributed by atoms with Gasteiger partial charge in [-0.3, -0.25) is 9.78 Å². The molecule has 160 valence electrons. The third kappa shape index (κ3) is 4.39. The molecule has 3 heterocycles. The Balaban J connectivity index is 1.43. The summed E-state index contributed by atoms with van der Waals surface area (Å²) >= 11 is 0. The summed E-state index contributed by atoms with van der Waals surface area (Å²) < 4.78 is 28.9. The predicted octanol–water partition coefficient (Wildman–Crippen LogP) is 4.95. The Morgan fingerprint density at radius 3 is 2.41 bits per heavy atom. The van der Waals surface area contributed by atoms with E-state index in [-0.39, 0.29) is 5.69 Å². The topological polar surface area (TPSA) is 72.7 Å². The lowest BCUT2D eigenvalue weighted by Crippen LogP contribution is -2.17. The molecule has 32 heavy (non-hydrogen) atoms. The number of carbonyl (C=O) groups excluding carboxylic acids is 1. The second-order valence-electron chi connectivity index (χ2n) is 7.86. The number of nitrogens with zero attached hydrogens (tertiary/aromatic N) is 4. The summed E-state index contributed by atoms with van der Waals surface area (Å²) in [5, 5.41) is 2.59. The van der Waals surface area contributed by atoms with E-state index < -0.39 is 17.5 Å². The predicted molar refractivity (Wildman–Crippen MR) is 116 cm³/mol. The Bertz CT molecular complexity index is 1250. The van der Waals surface area contributed by atoms with Gasteiger partial charge in [0.15, 0.2) is 5.82 Å². The van der Waals surface area contributed by atoms with Crippen molar-refractivity contribution in [3.05, 3.63) is 84.7 Å². The van der Waals surface area contributed by atoms with Gasteiger partial charge < -0.3 is 9.88 Å². The zero-order chi connectivity index (χ0) is 22.1. The molecule has 0 spiro atoms. The van der Waals surface area contributed by atoms with Crippen LogP contribution in [0.1, 0.15) is 23.3 Å². The maximum Gasteiger partial charge on any atom is 0.272 e. The van der Waals surface area contributed by atoms with E-state index in [0.29, 0.717) is 24.0 Å². The Kier molecular flexibility index (Phi) is 5.18. The highest BCUT2D eigenvalue weighted by Gasteiger charge is 2.25. The van der Waals surface area contributed by atoms with E-state index in [0.717, 1.165) is 47.7 Å². The third-order valence-electron chi connectivity index (χ3n) is 5.31. The average Bonchev–Trinajstić information content (AvgIpc) is 3.50. The number of anilines is 1. The summed E-state index contributed by atoms with van der Waals surface area (Å²) in [6, 6.07) is 8.38. The van der Waals surface area contributed by atoms with Gasteiger partial charge >= 0.3 is 0 Å². The lowest BCUT2D eigenvalue weighted by Gasteiger charge is -2.09. The van der Waals surface area contributed by atoms with Crippen molar-refractivity contribution in [1.29, 1.82) is 0 Å². The van der Waals surface area contributed by atoms with Crippen LogP contribution in [0.25, 0.3) is 22.5 Å². The van der Waals surface area contributed by atoms with Crippen LogP contribution in [0.5, 0.6) is 0 Å². The highest BCUT2D eigenvalue weighted by atomic mass is 19.1. The molecule has 4 aromatic rings. The van der Waals surface area contributed by atoms with Gasteiger partial charge in [-0.1, -0.05) is 0 Å². The number of nitrogens with one attached hydrogen (secondary N) is 1. The summed E-state index contributed by atoms with van der Waals surface area (Å²) in [7, 11) is 0. The Labute approximate surface area is 183 Å². The monoisotopic (exact) mass is 431 g/mol. The molecule has 0 radical (unpaired) electrons. The molecule has 3 aromatic heterocycles. The number of hydrogen-bond acceptors (Lipinski definition) is 4. The molecule has 1 N–H and O–H groups in total. The molecule has 1 aromatic carbocycles. The van der Waals surface area contributed by atoms with Crippen LogP contribution in [0.4, 0.5) is 14.5 Å². The summed E-state index contributed by atoms with van der Waals surface area (Å²) in [4.78, 5) is 25.9. The molecule has 0 atom stereocenters. The van der Waals surface area contributed by atoms with Gasteiger partial charge in [-0.05, 0) is 49.1 Å². The Hall–Kier alpha value is -3.94. The molecule has 1 fully saturated rings. The largest absolute Gasteiger partial charge is 0.343 e. The van der Waals surface area contributed by atoms with Crippen LogP contribution in [0, 0.1) is 17.6 Å². The normalized spacial score (nSPS) is 13.2. The number of halogens is 2. The molecule has 1 aliphatic carbocycles. The van der Waals surface area contributed by atoms with Gasteiger partial charge in [0.2, 0.25) is 0 Å². The number of benzene rings is 1. The van der Waals surface area contributed by atoms with E-state index in [4.69, 9.17) is 0 Å². The van der Waals surface area contributed by atoms with Gasteiger partial charge in [0.1, 0.15) is 17.3 Å². The highest BCUT2D eigenvalue weighted by molar-refractivity contribution is 6.04. The number of hydrogen-bond donors (Lipinski definition) is 1.